The highest BCUT2D eigenvalue weighted by molar-refractivity contribution is 9.09. The summed E-state index contributed by atoms with van der Waals surface area (Å²) in [4.78, 5) is 4.09. The molecule has 0 spiro atoms. The monoisotopic (exact) mass is 287 g/mol. The van der Waals surface area contributed by atoms with Gasteiger partial charge in [-0.2, -0.15) is 0 Å². The Balaban J connectivity index is 2.43. The minimum Gasteiger partial charge on any atom is -0.472 e. The number of pyridine rings is 1. The van der Waals surface area contributed by atoms with Crippen LogP contribution >= 0.6 is 15.9 Å². The fraction of sp³-hybridized carbons (Fsp3) is 0.545. The zero-order chi connectivity index (χ0) is 11.6. The molecule has 1 unspecified atom stereocenters. The molecule has 1 aromatic rings. The van der Waals surface area contributed by atoms with E-state index in [-0.39, 0.29) is 5.01 Å². The van der Waals surface area contributed by atoms with Gasteiger partial charge in [-0.1, -0.05) is 0 Å². The number of halogens is 1. The predicted octanol–water partition coefficient (Wildman–Crippen LogP) is 2.42. The van der Waals surface area contributed by atoms with E-state index in [0.717, 1.165) is 11.3 Å². The lowest BCUT2D eigenvalue weighted by molar-refractivity contribution is -0.251. The first-order valence-electron chi connectivity index (χ1n) is 5.27. The van der Waals surface area contributed by atoms with Gasteiger partial charge < -0.3 is 14.2 Å². The van der Waals surface area contributed by atoms with Crippen molar-refractivity contribution in [1.82, 2.24) is 4.98 Å². The number of hydrogen-bond acceptors (Lipinski definition) is 4. The van der Waals surface area contributed by atoms with Crippen LogP contribution in [0.4, 0.5) is 0 Å². The van der Waals surface area contributed by atoms with E-state index < -0.39 is 5.79 Å². The van der Waals surface area contributed by atoms with Gasteiger partial charge in [0.15, 0.2) is 0 Å². The van der Waals surface area contributed by atoms with Crippen molar-refractivity contribution in [3.05, 3.63) is 24.0 Å². The third-order valence-corrected chi connectivity index (χ3v) is 3.19. The van der Waals surface area contributed by atoms with E-state index in [4.69, 9.17) is 14.2 Å². The van der Waals surface area contributed by atoms with Crippen LogP contribution in [-0.2, 0) is 15.3 Å². The minimum absolute atomic E-state index is 0.348. The van der Waals surface area contributed by atoms with Crippen LogP contribution in [0.25, 0.3) is 0 Å². The average molecular weight is 288 g/mol. The van der Waals surface area contributed by atoms with Crippen molar-refractivity contribution in [3.63, 3.8) is 0 Å². The Morgan fingerprint density at radius 3 is 2.75 bits per heavy atom. The molecule has 0 saturated heterocycles. The molecule has 0 N–H and O–H groups in total. The van der Waals surface area contributed by atoms with E-state index in [1.165, 1.54) is 0 Å². The van der Waals surface area contributed by atoms with Gasteiger partial charge in [-0.05, 0) is 35.8 Å². The van der Waals surface area contributed by atoms with E-state index in [2.05, 4.69) is 20.9 Å². The molecule has 1 atom stereocenters. The topological polar surface area (TPSA) is 40.6 Å². The molecule has 0 amide bonds. The molecule has 0 fully saturated rings. The average Bonchev–Trinajstić information content (AvgIpc) is 2.54. The fourth-order valence-corrected chi connectivity index (χ4v) is 2.53. The Morgan fingerprint density at radius 2 is 2.12 bits per heavy atom. The number of hydrogen-bond donors (Lipinski definition) is 0. The summed E-state index contributed by atoms with van der Waals surface area (Å²) in [7, 11) is 0. The molecule has 88 valence electrons. The second kappa shape index (κ2) is 4.69. The molecular formula is C11H14BrNO3. The Hall–Kier alpha value is -0.650. The van der Waals surface area contributed by atoms with E-state index in [1.807, 2.05) is 19.9 Å². The molecule has 0 aliphatic carbocycles. The normalized spacial score (nSPS) is 21.6. The lowest BCUT2D eigenvalue weighted by atomic mass is 10.1. The maximum absolute atomic E-state index is 5.74. The number of ether oxygens (including phenoxy) is 3. The highest BCUT2D eigenvalue weighted by Crippen LogP contribution is 2.46. The molecule has 1 aliphatic rings. The van der Waals surface area contributed by atoms with Crippen molar-refractivity contribution in [2.75, 3.05) is 13.2 Å². The van der Waals surface area contributed by atoms with E-state index >= 15 is 0 Å². The van der Waals surface area contributed by atoms with Crippen molar-refractivity contribution in [2.24, 2.45) is 0 Å². The fourth-order valence-electron chi connectivity index (χ4n) is 1.81. The third-order valence-electron chi connectivity index (χ3n) is 2.40. The lowest BCUT2D eigenvalue weighted by Gasteiger charge is -2.30. The van der Waals surface area contributed by atoms with Crippen molar-refractivity contribution in [3.8, 4) is 5.75 Å². The molecule has 16 heavy (non-hydrogen) atoms. The predicted molar refractivity (Wildman–Crippen MR) is 62.5 cm³/mol. The number of rotatable bonds is 4. The molecule has 1 aliphatic heterocycles. The molecule has 4 nitrogen and oxygen atoms in total. The minimum atomic E-state index is -0.882. The van der Waals surface area contributed by atoms with E-state index in [0.29, 0.717) is 13.2 Å². The summed E-state index contributed by atoms with van der Waals surface area (Å²) in [6.07, 6.45) is 3.41. The first-order valence-corrected chi connectivity index (χ1v) is 6.19. The van der Waals surface area contributed by atoms with Crippen LogP contribution in [0.1, 0.15) is 19.4 Å². The molecule has 0 saturated carbocycles. The van der Waals surface area contributed by atoms with Crippen LogP contribution in [-0.4, -0.2) is 23.2 Å². The van der Waals surface area contributed by atoms with Gasteiger partial charge in [0.2, 0.25) is 10.8 Å². The second-order valence-electron chi connectivity index (χ2n) is 3.34. The summed E-state index contributed by atoms with van der Waals surface area (Å²) < 4.78 is 17.1. The summed E-state index contributed by atoms with van der Waals surface area (Å²) in [6.45, 7) is 4.93. The maximum Gasteiger partial charge on any atom is 0.249 e. The van der Waals surface area contributed by atoms with E-state index in [1.54, 1.807) is 12.4 Å². The van der Waals surface area contributed by atoms with Gasteiger partial charge in [0.1, 0.15) is 5.75 Å². The SMILES string of the molecule is CCOC1(OCC)c2cnccc2OC1Br. The summed E-state index contributed by atoms with van der Waals surface area (Å²) in [5.74, 6) is -0.133. The zero-order valence-electron chi connectivity index (χ0n) is 9.27. The van der Waals surface area contributed by atoms with Crippen molar-refractivity contribution in [1.29, 1.82) is 0 Å². The summed E-state index contributed by atoms with van der Waals surface area (Å²) in [6, 6.07) is 1.81. The lowest BCUT2D eigenvalue weighted by Crippen LogP contribution is -2.40. The van der Waals surface area contributed by atoms with Crippen LogP contribution < -0.4 is 4.74 Å². The van der Waals surface area contributed by atoms with Gasteiger partial charge in [-0.25, -0.2) is 0 Å². The smallest absolute Gasteiger partial charge is 0.249 e. The van der Waals surface area contributed by atoms with Crippen LogP contribution in [0.3, 0.4) is 0 Å². The summed E-state index contributed by atoms with van der Waals surface area (Å²) in [5, 5.41) is -0.348. The van der Waals surface area contributed by atoms with Crippen LogP contribution in [0.5, 0.6) is 5.75 Å². The molecule has 2 heterocycles. The Labute approximate surface area is 103 Å². The van der Waals surface area contributed by atoms with Crippen molar-refractivity contribution in [2.45, 2.75) is 24.6 Å². The van der Waals surface area contributed by atoms with E-state index in [9.17, 15) is 0 Å². The van der Waals surface area contributed by atoms with Crippen LogP contribution in [0, 0.1) is 0 Å². The van der Waals surface area contributed by atoms with Gasteiger partial charge in [0, 0.05) is 25.6 Å². The zero-order valence-corrected chi connectivity index (χ0v) is 10.9. The third kappa shape index (κ3) is 1.73. The molecule has 5 heteroatoms. The molecular weight excluding hydrogens is 274 g/mol. The van der Waals surface area contributed by atoms with Crippen LogP contribution in [0.15, 0.2) is 18.5 Å². The molecule has 0 bridgehead atoms. The second-order valence-corrected chi connectivity index (χ2v) is 4.17. The number of aromatic nitrogens is 1. The summed E-state index contributed by atoms with van der Waals surface area (Å²) >= 11 is 3.44. The van der Waals surface area contributed by atoms with Gasteiger partial charge in [-0.15, -0.1) is 0 Å². The number of fused-ring (bicyclic) bond motifs is 1. The molecule has 0 radical (unpaired) electrons. The summed E-state index contributed by atoms with van der Waals surface area (Å²) in [5.41, 5.74) is 0.834. The maximum atomic E-state index is 5.74. The highest BCUT2D eigenvalue weighted by Gasteiger charge is 2.50. The van der Waals surface area contributed by atoms with Gasteiger partial charge in [0.25, 0.3) is 0 Å². The van der Waals surface area contributed by atoms with Gasteiger partial charge >= 0.3 is 0 Å². The number of alkyl halides is 1. The quantitative estimate of drug-likeness (QED) is 0.630. The number of nitrogens with zero attached hydrogens (tertiary/aromatic N) is 1. The largest absolute Gasteiger partial charge is 0.472 e. The Bertz CT molecular complexity index is 366. The van der Waals surface area contributed by atoms with Crippen molar-refractivity contribution < 1.29 is 14.2 Å². The Morgan fingerprint density at radius 1 is 1.44 bits per heavy atom. The van der Waals surface area contributed by atoms with Crippen LogP contribution in [0.2, 0.25) is 0 Å². The molecule has 2 rings (SSSR count). The van der Waals surface area contributed by atoms with Gasteiger partial charge in [-0.3, -0.25) is 4.98 Å². The molecule has 1 aromatic heterocycles. The standard InChI is InChI=1S/C11H14BrNO3/c1-3-14-11(15-4-2)8-7-13-6-5-9(8)16-10(11)12/h5-7,10H,3-4H2,1-2H3. The first kappa shape index (κ1) is 11.8. The Kier molecular flexibility index (Phi) is 3.47. The first-order chi connectivity index (χ1) is 7.74. The van der Waals surface area contributed by atoms with Gasteiger partial charge in [0.05, 0.1) is 5.56 Å². The molecule has 0 aromatic carbocycles. The highest BCUT2D eigenvalue weighted by atomic mass is 79.9. The van der Waals surface area contributed by atoms with Crippen molar-refractivity contribution >= 4 is 15.9 Å².